The SMILES string of the molecule is C[C@H](CCC(=O)N[C@H]1C[C@@H](C(=O)NCCc2cnc[nH]2)N(C(=O)C(N)Cc2cnc[nH]2)C1)[C@H]1CCC2C3CCC4C[C@@H](O[Si](c5ccccc5)(c5ccccc5)C(C)(C)C)CC[C@]4(C)C3CC[C@@]21C. The number of nitrogens with one attached hydrogen (secondary N) is 4. The zero-order valence-electron chi connectivity index (χ0n) is 42.2. The summed E-state index contributed by atoms with van der Waals surface area (Å²) in [4.78, 5) is 56.9. The number of aromatic nitrogens is 4. The highest BCUT2D eigenvalue weighted by Gasteiger charge is 2.61. The van der Waals surface area contributed by atoms with Gasteiger partial charge < -0.3 is 35.7 Å². The molecule has 1 saturated heterocycles. The largest absolute Gasteiger partial charge is 0.404 e. The number of carbonyl (C=O) groups excluding carboxylic acids is 3. The molecule has 12 nitrogen and oxygen atoms in total. The summed E-state index contributed by atoms with van der Waals surface area (Å²) in [5.41, 5.74) is 8.74. The Hall–Kier alpha value is -4.59. The third kappa shape index (κ3) is 9.77. The Morgan fingerprint density at radius 3 is 2.16 bits per heavy atom. The Labute approximate surface area is 412 Å². The Morgan fingerprint density at radius 1 is 0.855 bits per heavy atom. The number of rotatable bonds is 16. The molecular weight excluding hydrogens is 877 g/mol. The summed E-state index contributed by atoms with van der Waals surface area (Å²) in [6, 6.07) is 20.5. The van der Waals surface area contributed by atoms with Crippen LogP contribution in [0.3, 0.4) is 0 Å². The number of H-pyrrole nitrogens is 2. The van der Waals surface area contributed by atoms with Crippen molar-refractivity contribution in [3.63, 3.8) is 0 Å². The van der Waals surface area contributed by atoms with E-state index in [2.05, 4.69) is 133 Å². The summed E-state index contributed by atoms with van der Waals surface area (Å²) in [5, 5.41) is 8.98. The number of aromatic amines is 2. The first kappa shape index (κ1) is 49.4. The molecule has 372 valence electrons. The van der Waals surface area contributed by atoms with Crippen molar-refractivity contribution in [2.75, 3.05) is 13.1 Å². The monoisotopic (exact) mass is 957 g/mol. The molecule has 9 rings (SSSR count). The molecule has 5 fully saturated rings. The fraction of sp³-hybridized carbons (Fsp3) is 0.625. The van der Waals surface area contributed by atoms with Gasteiger partial charge in [-0.1, -0.05) is 102 Å². The summed E-state index contributed by atoms with van der Waals surface area (Å²) in [6.45, 7) is 15.5. The zero-order chi connectivity index (χ0) is 48.6. The van der Waals surface area contributed by atoms with Crippen molar-refractivity contribution in [2.24, 2.45) is 52.1 Å². The van der Waals surface area contributed by atoms with E-state index in [9.17, 15) is 14.4 Å². The van der Waals surface area contributed by atoms with Crippen LogP contribution >= 0.6 is 0 Å². The molecule has 0 spiro atoms. The van der Waals surface area contributed by atoms with E-state index < -0.39 is 20.4 Å². The maximum atomic E-state index is 13.8. The van der Waals surface area contributed by atoms with Crippen molar-refractivity contribution in [1.82, 2.24) is 35.5 Å². The maximum Gasteiger partial charge on any atom is 0.261 e. The molecule has 0 radical (unpaired) electrons. The van der Waals surface area contributed by atoms with E-state index in [4.69, 9.17) is 10.2 Å². The molecule has 2 aromatic heterocycles. The minimum Gasteiger partial charge on any atom is -0.404 e. The van der Waals surface area contributed by atoms with Crippen LogP contribution in [-0.4, -0.2) is 88.2 Å². The van der Waals surface area contributed by atoms with Crippen LogP contribution in [0.5, 0.6) is 0 Å². The fourth-order valence-corrected chi connectivity index (χ4v) is 20.1. The number of benzene rings is 2. The lowest BCUT2D eigenvalue weighted by Crippen LogP contribution is -2.68. The maximum absolute atomic E-state index is 13.8. The second-order valence-corrected chi connectivity index (χ2v) is 27.8. The van der Waals surface area contributed by atoms with E-state index >= 15 is 0 Å². The lowest BCUT2D eigenvalue weighted by atomic mass is 9.44. The molecule has 1 aliphatic heterocycles. The zero-order valence-corrected chi connectivity index (χ0v) is 43.2. The second-order valence-electron chi connectivity index (χ2n) is 23.6. The highest BCUT2D eigenvalue weighted by Crippen LogP contribution is 2.68. The lowest BCUT2D eigenvalue weighted by Gasteiger charge is -2.62. The van der Waals surface area contributed by atoms with Gasteiger partial charge in [0.25, 0.3) is 8.32 Å². The van der Waals surface area contributed by atoms with E-state index in [1.165, 1.54) is 61.7 Å². The van der Waals surface area contributed by atoms with Gasteiger partial charge in [0.05, 0.1) is 18.7 Å². The lowest BCUT2D eigenvalue weighted by molar-refractivity contribution is -0.139. The van der Waals surface area contributed by atoms with Gasteiger partial charge in [-0.2, -0.15) is 0 Å². The average molecular weight is 957 g/mol. The average Bonchev–Trinajstić information content (AvgIpc) is 4.18. The number of imidazole rings is 2. The van der Waals surface area contributed by atoms with Crippen LogP contribution in [0.25, 0.3) is 0 Å². The molecule has 6 N–H and O–H groups in total. The Kier molecular flexibility index (Phi) is 14.5. The second kappa shape index (κ2) is 20.3. The quantitative estimate of drug-likeness (QED) is 0.0726. The van der Waals surface area contributed by atoms with Gasteiger partial charge in [0.1, 0.15) is 6.04 Å². The van der Waals surface area contributed by atoms with Crippen LogP contribution in [0.2, 0.25) is 5.04 Å². The number of hydrogen-bond donors (Lipinski definition) is 5. The minimum absolute atomic E-state index is 0.00880. The fourth-order valence-electron chi connectivity index (χ4n) is 15.3. The molecule has 5 aliphatic rings. The molecule has 2 aromatic carbocycles. The first-order valence-electron chi connectivity index (χ1n) is 26.5. The number of fused-ring (bicyclic) bond motifs is 5. The predicted molar refractivity (Wildman–Crippen MR) is 274 cm³/mol. The van der Waals surface area contributed by atoms with Gasteiger partial charge in [-0.05, 0) is 132 Å². The number of nitrogens with two attached hydrogens (primary N) is 1. The molecule has 5 unspecified atom stereocenters. The number of hydrogen-bond acceptors (Lipinski definition) is 7. The first-order valence-corrected chi connectivity index (χ1v) is 28.4. The van der Waals surface area contributed by atoms with Crippen LogP contribution in [0.1, 0.15) is 130 Å². The van der Waals surface area contributed by atoms with Gasteiger partial charge in [-0.25, -0.2) is 9.97 Å². The third-order valence-electron chi connectivity index (χ3n) is 18.8. The molecule has 4 aromatic rings. The van der Waals surface area contributed by atoms with Gasteiger partial charge in [-0.3, -0.25) is 14.4 Å². The number of carbonyl (C=O) groups is 3. The standard InChI is InChI=1S/C56H80N8O4Si/c1-37(17-22-51(65)63-41-31-50(52(66)60-28-25-39-32-58-35-61-39)64(34-41)53(67)49(57)30-40-33-59-36-62-40)46-20-21-47-45-19-18-38-29-42(23-26-55(38,5)48(45)24-27-56(46,47)6)68-69(54(2,3)4,43-13-9-7-10-14-43)44-15-11-8-12-16-44/h7-16,32-33,35-38,41-42,45-50H,17-31,34,57H2,1-6H3,(H,58,61)(H,59,62)(H,60,66)(H,63,65)/t37-,38?,41+,42+,45?,46-,47?,48?,49?,50+,55+,56-/m1/s1. The van der Waals surface area contributed by atoms with Gasteiger partial charge >= 0.3 is 0 Å². The van der Waals surface area contributed by atoms with Gasteiger partial charge in [0, 0.05) is 68.3 Å². The number of likely N-dealkylation sites (tertiary alicyclic amines) is 1. The van der Waals surface area contributed by atoms with Gasteiger partial charge in [-0.15, -0.1) is 0 Å². The summed E-state index contributed by atoms with van der Waals surface area (Å²) in [5.74, 6) is 3.45. The summed E-state index contributed by atoms with van der Waals surface area (Å²) < 4.78 is 7.79. The third-order valence-corrected chi connectivity index (χ3v) is 23.9. The van der Waals surface area contributed by atoms with Crippen LogP contribution < -0.4 is 26.7 Å². The van der Waals surface area contributed by atoms with Crippen molar-refractivity contribution in [3.05, 3.63) is 97.1 Å². The Balaban J connectivity index is 0.803. The summed E-state index contributed by atoms with van der Waals surface area (Å²) in [7, 11) is -2.62. The Morgan fingerprint density at radius 2 is 1.51 bits per heavy atom. The highest BCUT2D eigenvalue weighted by atomic mass is 28.4. The summed E-state index contributed by atoms with van der Waals surface area (Å²) >= 11 is 0. The molecule has 69 heavy (non-hydrogen) atoms. The van der Waals surface area contributed by atoms with Crippen molar-refractivity contribution in [3.8, 4) is 0 Å². The van der Waals surface area contributed by atoms with Gasteiger partial charge in [0.15, 0.2) is 0 Å². The van der Waals surface area contributed by atoms with Crippen molar-refractivity contribution in [2.45, 2.75) is 161 Å². The van der Waals surface area contributed by atoms with E-state index in [0.29, 0.717) is 54.4 Å². The summed E-state index contributed by atoms with van der Waals surface area (Å²) in [6.07, 6.45) is 20.7. The van der Waals surface area contributed by atoms with E-state index in [1.807, 2.05) is 0 Å². The molecule has 3 amide bonds. The van der Waals surface area contributed by atoms with Crippen molar-refractivity contribution >= 4 is 36.4 Å². The molecular formula is C56H80N8O4Si. The van der Waals surface area contributed by atoms with E-state index in [-0.39, 0.29) is 47.9 Å². The van der Waals surface area contributed by atoms with Crippen LogP contribution in [0.4, 0.5) is 0 Å². The van der Waals surface area contributed by atoms with Crippen LogP contribution in [-0.2, 0) is 31.7 Å². The van der Waals surface area contributed by atoms with Gasteiger partial charge in [0.2, 0.25) is 17.7 Å². The molecule has 13 heteroatoms. The predicted octanol–water partition coefficient (Wildman–Crippen LogP) is 7.47. The smallest absolute Gasteiger partial charge is 0.261 e. The highest BCUT2D eigenvalue weighted by molar-refractivity contribution is 6.99. The minimum atomic E-state index is -2.62. The molecule has 4 aliphatic carbocycles. The normalized spacial score (nSPS) is 31.0. The molecule has 0 bridgehead atoms. The van der Waals surface area contributed by atoms with Crippen LogP contribution in [0.15, 0.2) is 85.7 Å². The number of nitrogens with zero attached hydrogens (tertiary/aromatic N) is 3. The topological polar surface area (TPSA) is 171 Å². The Bertz CT molecular complexity index is 2300. The number of amides is 3. The van der Waals surface area contributed by atoms with E-state index in [1.54, 1.807) is 29.9 Å². The van der Waals surface area contributed by atoms with Crippen molar-refractivity contribution < 1.29 is 18.8 Å². The molecule has 12 atom stereocenters. The van der Waals surface area contributed by atoms with Crippen LogP contribution in [0, 0.1) is 46.3 Å². The van der Waals surface area contributed by atoms with E-state index in [0.717, 1.165) is 42.0 Å². The molecule has 4 saturated carbocycles. The molecule has 3 heterocycles. The van der Waals surface area contributed by atoms with Crippen molar-refractivity contribution in [1.29, 1.82) is 0 Å². The first-order chi connectivity index (χ1) is 33.1.